The molecule has 0 radical (unpaired) electrons. The van der Waals surface area contributed by atoms with Crippen LogP contribution in [0.25, 0.3) is 0 Å². The van der Waals surface area contributed by atoms with Gasteiger partial charge in [-0.2, -0.15) is 0 Å². The maximum Gasteiger partial charge on any atom is 0.260 e. The minimum absolute atomic E-state index is 0.0249. The summed E-state index contributed by atoms with van der Waals surface area (Å²) in [6, 6.07) is 9.18. The van der Waals surface area contributed by atoms with Crippen molar-refractivity contribution in [2.24, 2.45) is 5.92 Å². The number of aromatic nitrogens is 1. The predicted octanol–water partition coefficient (Wildman–Crippen LogP) is 2.35. The highest BCUT2D eigenvalue weighted by Gasteiger charge is 2.36. The molecule has 0 unspecified atom stereocenters. The highest BCUT2D eigenvalue weighted by atomic mass is 35.5. The fourth-order valence-corrected chi connectivity index (χ4v) is 2.52. The number of nitrogens with one attached hydrogen (secondary N) is 1. The number of pyridine rings is 1. The monoisotopic (exact) mass is 363 g/mol. The Morgan fingerprint density at radius 1 is 1.28 bits per heavy atom. The number of hydrogen-bond acceptors (Lipinski definition) is 4. The Morgan fingerprint density at radius 3 is 2.76 bits per heavy atom. The molecule has 0 saturated carbocycles. The van der Waals surface area contributed by atoms with Crippen LogP contribution in [0.2, 0.25) is 5.15 Å². The van der Waals surface area contributed by atoms with Crippen LogP contribution in [0.4, 0.5) is 10.1 Å². The van der Waals surface area contributed by atoms with Gasteiger partial charge in [-0.05, 0) is 24.3 Å². The molecule has 0 atom stereocenters. The third-order valence-corrected chi connectivity index (χ3v) is 4.11. The number of hydrogen-bond donors (Lipinski definition) is 1. The van der Waals surface area contributed by atoms with Gasteiger partial charge >= 0.3 is 0 Å². The van der Waals surface area contributed by atoms with Crippen LogP contribution < -0.4 is 10.1 Å². The van der Waals surface area contributed by atoms with Gasteiger partial charge in [0.1, 0.15) is 0 Å². The molecule has 6 nitrogen and oxygen atoms in total. The number of para-hydroxylation sites is 1. The van der Waals surface area contributed by atoms with Gasteiger partial charge in [-0.15, -0.1) is 0 Å². The third kappa shape index (κ3) is 4.06. The predicted molar refractivity (Wildman–Crippen MR) is 89.8 cm³/mol. The van der Waals surface area contributed by atoms with Gasteiger partial charge in [0.15, 0.2) is 23.3 Å². The summed E-state index contributed by atoms with van der Waals surface area (Å²) in [7, 11) is 0. The molecule has 1 fully saturated rings. The minimum atomic E-state index is -0.524. The fraction of sp³-hybridized carbons (Fsp3) is 0.235. The lowest BCUT2D eigenvalue weighted by Crippen LogP contribution is -2.55. The van der Waals surface area contributed by atoms with Crippen molar-refractivity contribution in [2.45, 2.75) is 0 Å². The van der Waals surface area contributed by atoms with Crippen LogP contribution in [0.5, 0.6) is 5.75 Å². The molecule has 2 amide bonds. The number of nitrogens with zero attached hydrogens (tertiary/aromatic N) is 2. The molecule has 0 bridgehead atoms. The SMILES string of the molecule is O=C(Nc1cccnc1Cl)C1CN(C(=O)COc2ccccc2F)C1. The van der Waals surface area contributed by atoms with Crippen LogP contribution in [0.3, 0.4) is 0 Å². The van der Waals surface area contributed by atoms with Crippen LogP contribution in [0.15, 0.2) is 42.6 Å². The first kappa shape index (κ1) is 17.2. The van der Waals surface area contributed by atoms with Crippen molar-refractivity contribution in [3.05, 3.63) is 53.6 Å². The first-order chi connectivity index (χ1) is 12.0. The van der Waals surface area contributed by atoms with Gasteiger partial charge in [-0.3, -0.25) is 9.59 Å². The van der Waals surface area contributed by atoms with Crippen molar-refractivity contribution in [1.29, 1.82) is 0 Å². The normalized spacial score (nSPS) is 13.9. The Morgan fingerprint density at radius 2 is 2.04 bits per heavy atom. The minimum Gasteiger partial charge on any atom is -0.481 e. The first-order valence-corrected chi connectivity index (χ1v) is 7.99. The van der Waals surface area contributed by atoms with E-state index in [1.54, 1.807) is 18.2 Å². The zero-order chi connectivity index (χ0) is 17.8. The lowest BCUT2D eigenvalue weighted by Gasteiger charge is -2.38. The van der Waals surface area contributed by atoms with E-state index in [1.165, 1.54) is 29.3 Å². The van der Waals surface area contributed by atoms with Crippen LogP contribution in [0, 0.1) is 11.7 Å². The van der Waals surface area contributed by atoms with Gasteiger partial charge in [0, 0.05) is 19.3 Å². The van der Waals surface area contributed by atoms with Crippen LogP contribution in [-0.2, 0) is 9.59 Å². The van der Waals surface area contributed by atoms with Gasteiger partial charge in [-0.25, -0.2) is 9.37 Å². The smallest absolute Gasteiger partial charge is 0.260 e. The Balaban J connectivity index is 1.45. The number of rotatable bonds is 5. The van der Waals surface area contributed by atoms with Gasteiger partial charge in [0.25, 0.3) is 5.91 Å². The molecule has 2 aromatic rings. The third-order valence-electron chi connectivity index (χ3n) is 3.81. The highest BCUT2D eigenvalue weighted by molar-refractivity contribution is 6.32. The summed E-state index contributed by atoms with van der Waals surface area (Å²) >= 11 is 5.89. The lowest BCUT2D eigenvalue weighted by molar-refractivity contribution is -0.143. The molecule has 1 aromatic heterocycles. The molecular formula is C17H15ClFN3O3. The van der Waals surface area contributed by atoms with Gasteiger partial charge in [0.2, 0.25) is 5.91 Å². The van der Waals surface area contributed by atoms with E-state index in [0.29, 0.717) is 5.69 Å². The second kappa shape index (κ2) is 7.48. The van der Waals surface area contributed by atoms with E-state index < -0.39 is 5.82 Å². The molecule has 25 heavy (non-hydrogen) atoms. The molecule has 130 valence electrons. The molecule has 0 spiro atoms. The van der Waals surface area contributed by atoms with E-state index in [0.717, 1.165) is 0 Å². The van der Waals surface area contributed by atoms with Crippen molar-refractivity contribution in [2.75, 3.05) is 25.0 Å². The molecule has 1 saturated heterocycles. The lowest BCUT2D eigenvalue weighted by atomic mass is 9.99. The number of carbonyl (C=O) groups excluding carboxylic acids is 2. The maximum atomic E-state index is 13.4. The van der Waals surface area contributed by atoms with Crippen molar-refractivity contribution >= 4 is 29.1 Å². The topological polar surface area (TPSA) is 71.5 Å². The van der Waals surface area contributed by atoms with Crippen molar-refractivity contribution < 1.29 is 18.7 Å². The summed E-state index contributed by atoms with van der Waals surface area (Å²) in [5.74, 6) is -1.35. The van der Waals surface area contributed by atoms with E-state index in [4.69, 9.17) is 16.3 Å². The number of likely N-dealkylation sites (tertiary alicyclic amines) is 1. The number of amides is 2. The molecule has 1 aliphatic rings. The maximum absolute atomic E-state index is 13.4. The zero-order valence-corrected chi connectivity index (χ0v) is 13.9. The summed E-state index contributed by atoms with van der Waals surface area (Å²) in [6.45, 7) is 0.288. The summed E-state index contributed by atoms with van der Waals surface area (Å²) in [5, 5.41) is 2.89. The number of ether oxygens (including phenoxy) is 1. The fourth-order valence-electron chi connectivity index (χ4n) is 2.35. The molecule has 2 heterocycles. The van der Waals surface area contributed by atoms with E-state index >= 15 is 0 Å². The second-order valence-electron chi connectivity index (χ2n) is 5.55. The summed E-state index contributed by atoms with van der Waals surface area (Å²) in [5.41, 5.74) is 0.432. The summed E-state index contributed by atoms with van der Waals surface area (Å²) in [6.07, 6.45) is 1.53. The van der Waals surface area contributed by atoms with Gasteiger partial charge < -0.3 is 15.0 Å². The second-order valence-corrected chi connectivity index (χ2v) is 5.90. The molecule has 0 aliphatic carbocycles. The average molecular weight is 364 g/mol. The first-order valence-electron chi connectivity index (χ1n) is 7.61. The average Bonchev–Trinajstić information content (AvgIpc) is 2.55. The largest absolute Gasteiger partial charge is 0.481 e. The van der Waals surface area contributed by atoms with E-state index in [-0.39, 0.29) is 48.3 Å². The van der Waals surface area contributed by atoms with Gasteiger partial charge in [0.05, 0.1) is 11.6 Å². The van der Waals surface area contributed by atoms with E-state index in [2.05, 4.69) is 10.3 Å². The Bertz CT molecular complexity index is 796. The standard InChI is InChI=1S/C17H15ClFN3O3/c18-16-13(5-3-7-20-16)21-17(24)11-8-22(9-11)15(23)10-25-14-6-2-1-4-12(14)19/h1-7,11H,8-10H2,(H,21,24). The number of carbonyl (C=O) groups is 2. The Kier molecular flexibility index (Phi) is 5.14. The Labute approximate surface area is 148 Å². The van der Waals surface area contributed by atoms with Gasteiger partial charge in [-0.1, -0.05) is 23.7 Å². The highest BCUT2D eigenvalue weighted by Crippen LogP contribution is 2.22. The zero-order valence-electron chi connectivity index (χ0n) is 13.1. The quantitative estimate of drug-likeness (QED) is 0.828. The number of halogens is 2. The molecule has 8 heteroatoms. The molecule has 3 rings (SSSR count). The van der Waals surface area contributed by atoms with Crippen molar-refractivity contribution in [1.82, 2.24) is 9.88 Å². The molecule has 1 aromatic carbocycles. The number of benzene rings is 1. The van der Waals surface area contributed by atoms with Crippen molar-refractivity contribution in [3.63, 3.8) is 0 Å². The number of anilines is 1. The van der Waals surface area contributed by atoms with E-state index in [9.17, 15) is 14.0 Å². The van der Waals surface area contributed by atoms with E-state index in [1.807, 2.05) is 0 Å². The molecule has 1 N–H and O–H groups in total. The summed E-state index contributed by atoms with van der Waals surface area (Å²) < 4.78 is 18.6. The van der Waals surface area contributed by atoms with Crippen LogP contribution in [-0.4, -0.2) is 41.4 Å². The summed E-state index contributed by atoms with van der Waals surface area (Å²) in [4.78, 5) is 29.5. The molecular weight excluding hydrogens is 349 g/mol. The van der Waals surface area contributed by atoms with Crippen LogP contribution in [0.1, 0.15) is 0 Å². The molecule has 1 aliphatic heterocycles. The van der Waals surface area contributed by atoms with Crippen LogP contribution >= 0.6 is 11.6 Å². The Hall–Kier alpha value is -2.67. The van der Waals surface area contributed by atoms with Crippen molar-refractivity contribution in [3.8, 4) is 5.75 Å².